The molecule has 0 radical (unpaired) electrons. The van der Waals surface area contributed by atoms with Crippen molar-refractivity contribution in [2.45, 2.75) is 20.8 Å². The molecular formula is C21H20N2OS. The fraction of sp³-hybridized carbons (Fsp3) is 0.143. The lowest BCUT2D eigenvalue weighted by Gasteiger charge is -2.03. The number of hydrogen-bond donors (Lipinski definition) is 1. The summed E-state index contributed by atoms with van der Waals surface area (Å²) >= 11 is 1.43. The molecule has 126 valence electrons. The van der Waals surface area contributed by atoms with Crippen LogP contribution in [0.4, 0.5) is 5.13 Å². The Morgan fingerprint density at radius 3 is 2.48 bits per heavy atom. The van der Waals surface area contributed by atoms with Crippen molar-refractivity contribution >= 4 is 28.5 Å². The Kier molecular flexibility index (Phi) is 5.10. The third-order valence-electron chi connectivity index (χ3n) is 3.90. The second-order valence-corrected chi connectivity index (χ2v) is 6.95. The smallest absolute Gasteiger partial charge is 0.250 e. The van der Waals surface area contributed by atoms with Crippen LogP contribution in [0.5, 0.6) is 0 Å². The van der Waals surface area contributed by atoms with E-state index in [9.17, 15) is 4.79 Å². The Labute approximate surface area is 152 Å². The number of nitrogens with zero attached hydrogens (tertiary/aromatic N) is 1. The Morgan fingerprint density at radius 2 is 1.76 bits per heavy atom. The highest BCUT2D eigenvalue weighted by Gasteiger charge is 2.08. The molecule has 3 nitrogen and oxygen atoms in total. The molecular weight excluding hydrogens is 328 g/mol. The van der Waals surface area contributed by atoms with Crippen molar-refractivity contribution in [3.8, 4) is 11.3 Å². The number of benzene rings is 2. The number of anilines is 1. The van der Waals surface area contributed by atoms with E-state index in [4.69, 9.17) is 0 Å². The number of carbonyl (C=O) groups excluding carboxylic acids is 1. The average molecular weight is 348 g/mol. The second-order valence-electron chi connectivity index (χ2n) is 6.09. The Balaban J connectivity index is 1.68. The first-order valence-corrected chi connectivity index (χ1v) is 8.98. The van der Waals surface area contributed by atoms with Gasteiger partial charge in [0.25, 0.3) is 0 Å². The Morgan fingerprint density at radius 1 is 1.04 bits per heavy atom. The quantitative estimate of drug-likeness (QED) is 0.643. The maximum Gasteiger partial charge on any atom is 0.250 e. The zero-order chi connectivity index (χ0) is 17.8. The summed E-state index contributed by atoms with van der Waals surface area (Å²) in [6.07, 6.45) is 3.33. The molecule has 0 aliphatic heterocycles. The van der Waals surface area contributed by atoms with Crippen LogP contribution in [0.3, 0.4) is 0 Å². The predicted molar refractivity (Wildman–Crippen MR) is 106 cm³/mol. The van der Waals surface area contributed by atoms with Crippen molar-refractivity contribution in [3.05, 3.63) is 76.2 Å². The standard InChI is InChI=1S/C21H20N2OS/c1-14-4-7-17(8-5-14)9-11-20(24)23-21-22-19(13-25-21)18-10-6-15(2)12-16(18)3/h4-13H,1-3H3,(H,22,23,24)/b11-9+. The first-order chi connectivity index (χ1) is 12.0. The normalized spacial score (nSPS) is 11.0. The van der Waals surface area contributed by atoms with Crippen LogP contribution < -0.4 is 5.32 Å². The number of nitrogens with one attached hydrogen (secondary N) is 1. The maximum atomic E-state index is 12.1. The summed E-state index contributed by atoms with van der Waals surface area (Å²) in [7, 11) is 0. The lowest BCUT2D eigenvalue weighted by molar-refractivity contribution is -0.111. The van der Waals surface area contributed by atoms with E-state index in [0.29, 0.717) is 5.13 Å². The van der Waals surface area contributed by atoms with Crippen molar-refractivity contribution in [1.29, 1.82) is 0 Å². The van der Waals surface area contributed by atoms with Crippen molar-refractivity contribution in [1.82, 2.24) is 4.98 Å². The molecule has 0 saturated carbocycles. The number of aromatic nitrogens is 1. The van der Waals surface area contributed by atoms with Crippen LogP contribution in [0.2, 0.25) is 0 Å². The summed E-state index contributed by atoms with van der Waals surface area (Å²) in [6, 6.07) is 14.3. The largest absolute Gasteiger partial charge is 0.298 e. The molecule has 0 aliphatic rings. The van der Waals surface area contributed by atoms with Gasteiger partial charge in [0.2, 0.25) is 5.91 Å². The lowest BCUT2D eigenvalue weighted by Crippen LogP contribution is -2.07. The molecule has 2 aromatic carbocycles. The van der Waals surface area contributed by atoms with Crippen molar-refractivity contribution in [2.24, 2.45) is 0 Å². The monoisotopic (exact) mass is 348 g/mol. The molecule has 0 fully saturated rings. The van der Waals surface area contributed by atoms with E-state index in [-0.39, 0.29) is 5.91 Å². The van der Waals surface area contributed by atoms with Crippen LogP contribution in [-0.2, 0) is 4.79 Å². The molecule has 0 atom stereocenters. The molecule has 25 heavy (non-hydrogen) atoms. The molecule has 1 heterocycles. The second kappa shape index (κ2) is 7.45. The van der Waals surface area contributed by atoms with Crippen LogP contribution in [-0.4, -0.2) is 10.9 Å². The Hall–Kier alpha value is -2.72. The van der Waals surface area contributed by atoms with E-state index in [2.05, 4.69) is 42.3 Å². The number of rotatable bonds is 4. The third kappa shape index (κ3) is 4.43. The van der Waals surface area contributed by atoms with Crippen LogP contribution in [0.1, 0.15) is 22.3 Å². The van der Waals surface area contributed by atoms with Gasteiger partial charge in [0.05, 0.1) is 5.69 Å². The van der Waals surface area contributed by atoms with E-state index in [1.54, 1.807) is 6.08 Å². The van der Waals surface area contributed by atoms with Crippen molar-refractivity contribution in [2.75, 3.05) is 5.32 Å². The van der Waals surface area contributed by atoms with Crippen LogP contribution in [0.15, 0.2) is 53.9 Å². The number of hydrogen-bond acceptors (Lipinski definition) is 3. The van der Waals surface area contributed by atoms with E-state index in [0.717, 1.165) is 16.8 Å². The molecule has 1 N–H and O–H groups in total. The van der Waals surface area contributed by atoms with Crippen molar-refractivity contribution in [3.63, 3.8) is 0 Å². The van der Waals surface area contributed by atoms with Gasteiger partial charge in [-0.15, -0.1) is 11.3 Å². The zero-order valence-corrected chi connectivity index (χ0v) is 15.4. The van der Waals surface area contributed by atoms with Gasteiger partial charge in [-0.05, 0) is 38.0 Å². The van der Waals surface area contributed by atoms with Gasteiger partial charge in [-0.2, -0.15) is 0 Å². The molecule has 0 saturated heterocycles. The Bertz CT molecular complexity index is 923. The SMILES string of the molecule is Cc1ccc(/C=C/C(=O)Nc2nc(-c3ccc(C)cc3C)cs2)cc1. The summed E-state index contributed by atoms with van der Waals surface area (Å²) in [5.74, 6) is -0.179. The molecule has 0 spiro atoms. The van der Waals surface area contributed by atoms with Gasteiger partial charge < -0.3 is 0 Å². The molecule has 0 unspecified atom stereocenters. The zero-order valence-electron chi connectivity index (χ0n) is 14.5. The minimum absolute atomic E-state index is 0.179. The third-order valence-corrected chi connectivity index (χ3v) is 4.65. The summed E-state index contributed by atoms with van der Waals surface area (Å²) in [4.78, 5) is 16.6. The van der Waals surface area contributed by atoms with E-state index < -0.39 is 0 Å². The molecule has 0 aliphatic carbocycles. The topological polar surface area (TPSA) is 42.0 Å². The van der Waals surface area contributed by atoms with Crippen LogP contribution >= 0.6 is 11.3 Å². The molecule has 3 rings (SSSR count). The number of thiazole rings is 1. The van der Waals surface area contributed by atoms with Crippen LogP contribution in [0, 0.1) is 20.8 Å². The summed E-state index contributed by atoms with van der Waals surface area (Å²) in [5, 5.41) is 5.40. The first-order valence-electron chi connectivity index (χ1n) is 8.10. The highest BCUT2D eigenvalue weighted by atomic mass is 32.1. The van der Waals surface area contributed by atoms with Gasteiger partial charge in [-0.3, -0.25) is 10.1 Å². The average Bonchev–Trinajstić information content (AvgIpc) is 3.02. The minimum Gasteiger partial charge on any atom is -0.298 e. The molecule has 0 bridgehead atoms. The number of aryl methyl sites for hydroxylation is 3. The van der Waals surface area contributed by atoms with Gasteiger partial charge in [0, 0.05) is 17.0 Å². The highest BCUT2D eigenvalue weighted by Crippen LogP contribution is 2.28. The number of amides is 1. The van der Waals surface area contributed by atoms with E-state index in [1.165, 1.54) is 34.1 Å². The molecule has 4 heteroatoms. The summed E-state index contributed by atoms with van der Waals surface area (Å²) < 4.78 is 0. The maximum absolute atomic E-state index is 12.1. The van der Waals surface area contributed by atoms with Gasteiger partial charge in [-0.1, -0.05) is 53.6 Å². The fourth-order valence-corrected chi connectivity index (χ4v) is 3.27. The van der Waals surface area contributed by atoms with Crippen molar-refractivity contribution < 1.29 is 4.79 Å². The summed E-state index contributed by atoms with van der Waals surface area (Å²) in [6.45, 7) is 6.18. The lowest BCUT2D eigenvalue weighted by atomic mass is 10.0. The molecule has 1 aromatic heterocycles. The molecule has 1 amide bonds. The summed E-state index contributed by atoms with van der Waals surface area (Å²) in [5.41, 5.74) is 6.59. The van der Waals surface area contributed by atoms with E-state index >= 15 is 0 Å². The predicted octanol–water partition coefficient (Wildman–Crippen LogP) is 5.39. The van der Waals surface area contributed by atoms with E-state index in [1.807, 2.05) is 36.6 Å². The first kappa shape index (κ1) is 17.1. The van der Waals surface area contributed by atoms with Gasteiger partial charge in [-0.25, -0.2) is 4.98 Å². The fourth-order valence-electron chi connectivity index (χ4n) is 2.55. The van der Waals surface area contributed by atoms with Gasteiger partial charge in [0.15, 0.2) is 5.13 Å². The highest BCUT2D eigenvalue weighted by molar-refractivity contribution is 7.14. The van der Waals surface area contributed by atoms with Crippen LogP contribution in [0.25, 0.3) is 17.3 Å². The van der Waals surface area contributed by atoms with Gasteiger partial charge >= 0.3 is 0 Å². The number of carbonyl (C=O) groups is 1. The minimum atomic E-state index is -0.179. The van der Waals surface area contributed by atoms with Gasteiger partial charge in [0.1, 0.15) is 0 Å². The molecule has 3 aromatic rings.